The minimum Gasteiger partial charge on any atom is -0.497 e. The van der Waals surface area contributed by atoms with Crippen LogP contribution in [0.2, 0.25) is 0 Å². The minimum atomic E-state index is -0.313. The van der Waals surface area contributed by atoms with Crippen LogP contribution in [0.5, 0.6) is 11.5 Å². The van der Waals surface area contributed by atoms with Crippen molar-refractivity contribution in [3.63, 3.8) is 0 Å². The van der Waals surface area contributed by atoms with Crippen LogP contribution in [0, 0.1) is 5.92 Å². The number of urea groups is 1. The third kappa shape index (κ3) is 6.92. The van der Waals surface area contributed by atoms with Gasteiger partial charge in [0.1, 0.15) is 16.5 Å². The lowest BCUT2D eigenvalue weighted by molar-refractivity contribution is -0.116. The van der Waals surface area contributed by atoms with Gasteiger partial charge in [-0.05, 0) is 18.1 Å². The van der Waals surface area contributed by atoms with Crippen LogP contribution < -0.4 is 20.1 Å². The number of anilines is 2. The molecule has 0 radical (unpaired) electrons. The van der Waals surface area contributed by atoms with Crippen LogP contribution in [0.4, 0.5) is 15.6 Å². The fraction of sp³-hybridized carbons (Fsp3) is 0.333. The van der Waals surface area contributed by atoms with Gasteiger partial charge in [0.2, 0.25) is 11.0 Å². The van der Waals surface area contributed by atoms with E-state index in [1.54, 1.807) is 30.2 Å². The number of carbonyl (C=O) groups is 2. The second kappa shape index (κ2) is 12.0. The highest BCUT2D eigenvalue weighted by Gasteiger charge is 2.19. The molecule has 0 spiro atoms. The van der Waals surface area contributed by atoms with Gasteiger partial charge in [0.15, 0.2) is 0 Å². The van der Waals surface area contributed by atoms with Crippen molar-refractivity contribution in [2.45, 2.75) is 20.3 Å². The van der Waals surface area contributed by atoms with Crippen LogP contribution >= 0.6 is 11.3 Å². The normalized spacial score (nSPS) is 10.6. The Morgan fingerprint density at radius 1 is 1.03 bits per heavy atom. The number of hydrogen-bond acceptors (Lipinski definition) is 7. The molecule has 3 rings (SSSR count). The molecule has 34 heavy (non-hydrogen) atoms. The van der Waals surface area contributed by atoms with Gasteiger partial charge < -0.3 is 25.0 Å². The van der Waals surface area contributed by atoms with Gasteiger partial charge in [-0.1, -0.05) is 55.5 Å². The summed E-state index contributed by atoms with van der Waals surface area (Å²) in [7, 11) is 3.09. The molecule has 1 heterocycles. The quantitative estimate of drug-likeness (QED) is 0.431. The first-order chi connectivity index (χ1) is 16.4. The highest BCUT2D eigenvalue weighted by molar-refractivity contribution is 7.18. The lowest BCUT2D eigenvalue weighted by Gasteiger charge is -2.25. The molecular formula is C24H29N5O4S. The van der Waals surface area contributed by atoms with Crippen molar-refractivity contribution in [1.82, 2.24) is 15.1 Å². The maximum absolute atomic E-state index is 13.0. The maximum Gasteiger partial charge on any atom is 0.321 e. The Morgan fingerprint density at radius 2 is 1.79 bits per heavy atom. The van der Waals surface area contributed by atoms with Crippen LogP contribution in [0.25, 0.3) is 10.6 Å². The summed E-state index contributed by atoms with van der Waals surface area (Å²) < 4.78 is 10.6. The number of aromatic nitrogens is 2. The number of nitrogens with zero attached hydrogens (tertiary/aromatic N) is 3. The van der Waals surface area contributed by atoms with Crippen LogP contribution in [-0.4, -0.2) is 54.3 Å². The summed E-state index contributed by atoms with van der Waals surface area (Å²) in [6.07, 6.45) is 0.125. The lowest BCUT2D eigenvalue weighted by Crippen LogP contribution is -2.39. The number of ether oxygens (including phenoxy) is 2. The maximum atomic E-state index is 13.0. The van der Waals surface area contributed by atoms with Gasteiger partial charge in [0.05, 0.1) is 19.9 Å². The standard InChI is InChI=1S/C24H29N5O4S/c1-16(2)15-29(24(31)25-19-11-10-18(32-3)14-20(19)33-4)13-12-21(30)26-23-28-27-22(34-23)17-8-6-5-7-9-17/h5-11,14,16H,12-13,15H2,1-4H3,(H,25,31)(H,26,28,30). The minimum absolute atomic E-state index is 0.125. The zero-order chi connectivity index (χ0) is 24.5. The molecule has 0 atom stereocenters. The third-order valence-corrected chi connectivity index (χ3v) is 5.71. The van der Waals surface area contributed by atoms with Crippen LogP contribution in [0.15, 0.2) is 48.5 Å². The van der Waals surface area contributed by atoms with E-state index in [4.69, 9.17) is 9.47 Å². The number of methoxy groups -OCH3 is 2. The fourth-order valence-corrected chi connectivity index (χ4v) is 3.97. The summed E-state index contributed by atoms with van der Waals surface area (Å²) in [4.78, 5) is 27.1. The Hall–Kier alpha value is -3.66. The second-order valence-corrected chi connectivity index (χ2v) is 8.89. The molecule has 9 nitrogen and oxygen atoms in total. The summed E-state index contributed by atoms with van der Waals surface area (Å²) in [5, 5.41) is 15.0. The van der Waals surface area contributed by atoms with Gasteiger partial charge in [0, 0.05) is 31.1 Å². The monoisotopic (exact) mass is 483 g/mol. The zero-order valence-electron chi connectivity index (χ0n) is 19.7. The second-order valence-electron chi connectivity index (χ2n) is 7.91. The average molecular weight is 484 g/mol. The fourth-order valence-electron chi connectivity index (χ4n) is 3.20. The van der Waals surface area contributed by atoms with Crippen molar-refractivity contribution in [1.29, 1.82) is 0 Å². The molecule has 1 aromatic heterocycles. The van der Waals surface area contributed by atoms with Crippen LogP contribution in [-0.2, 0) is 4.79 Å². The molecule has 3 amide bonds. The number of nitrogens with one attached hydrogen (secondary N) is 2. The molecule has 0 bridgehead atoms. The number of amides is 3. The van der Waals surface area contributed by atoms with Gasteiger partial charge in [-0.25, -0.2) is 4.79 Å². The summed E-state index contributed by atoms with van der Waals surface area (Å²) in [5.41, 5.74) is 1.46. The van der Waals surface area contributed by atoms with E-state index in [-0.39, 0.29) is 30.8 Å². The number of carbonyl (C=O) groups excluding carboxylic acids is 2. The SMILES string of the molecule is COc1ccc(NC(=O)N(CCC(=O)Nc2nnc(-c3ccccc3)s2)CC(C)C)c(OC)c1. The lowest BCUT2D eigenvalue weighted by atomic mass is 10.2. The van der Waals surface area contributed by atoms with Gasteiger partial charge in [-0.2, -0.15) is 0 Å². The van der Waals surface area contributed by atoms with Crippen molar-refractivity contribution in [2.24, 2.45) is 5.92 Å². The molecule has 0 aliphatic carbocycles. The summed E-state index contributed by atoms with van der Waals surface area (Å²) >= 11 is 1.30. The van der Waals surface area contributed by atoms with E-state index in [1.807, 2.05) is 44.2 Å². The van der Waals surface area contributed by atoms with E-state index >= 15 is 0 Å². The Bertz CT molecular complexity index is 1100. The Balaban J connectivity index is 1.60. The van der Waals surface area contributed by atoms with Gasteiger partial charge in [-0.3, -0.25) is 4.79 Å². The first-order valence-corrected chi connectivity index (χ1v) is 11.7. The molecule has 180 valence electrons. The highest BCUT2D eigenvalue weighted by Crippen LogP contribution is 2.29. The van der Waals surface area contributed by atoms with Gasteiger partial charge in [0.25, 0.3) is 0 Å². The van der Waals surface area contributed by atoms with E-state index in [0.29, 0.717) is 28.9 Å². The predicted octanol–water partition coefficient (Wildman–Crippen LogP) is 4.74. The van der Waals surface area contributed by atoms with E-state index in [2.05, 4.69) is 20.8 Å². The molecule has 0 fully saturated rings. The third-order valence-electron chi connectivity index (χ3n) is 4.82. The molecule has 0 saturated heterocycles. The smallest absolute Gasteiger partial charge is 0.321 e. The summed E-state index contributed by atoms with van der Waals surface area (Å²) in [5.74, 6) is 1.10. The molecular weight excluding hydrogens is 454 g/mol. The first kappa shape index (κ1) is 25.0. The molecule has 0 unspecified atom stereocenters. The van der Waals surface area contributed by atoms with Crippen molar-refractivity contribution in [3.8, 4) is 22.1 Å². The number of rotatable bonds is 10. The van der Waals surface area contributed by atoms with E-state index < -0.39 is 0 Å². The van der Waals surface area contributed by atoms with Crippen molar-refractivity contribution < 1.29 is 19.1 Å². The highest BCUT2D eigenvalue weighted by atomic mass is 32.1. The molecule has 0 aliphatic rings. The summed E-state index contributed by atoms with van der Waals surface area (Å²) in [6.45, 7) is 4.77. The summed E-state index contributed by atoms with van der Waals surface area (Å²) in [6, 6.07) is 14.5. The number of benzene rings is 2. The molecule has 0 aliphatic heterocycles. The first-order valence-electron chi connectivity index (χ1n) is 10.9. The molecule has 10 heteroatoms. The Morgan fingerprint density at radius 3 is 2.47 bits per heavy atom. The largest absolute Gasteiger partial charge is 0.497 e. The number of hydrogen-bond donors (Lipinski definition) is 2. The van der Waals surface area contributed by atoms with E-state index in [1.165, 1.54) is 18.4 Å². The van der Waals surface area contributed by atoms with Gasteiger partial charge in [-0.15, -0.1) is 10.2 Å². The van der Waals surface area contributed by atoms with Crippen LogP contribution in [0.1, 0.15) is 20.3 Å². The molecule has 2 N–H and O–H groups in total. The Labute approximate surface area is 203 Å². The molecule has 2 aromatic carbocycles. The van der Waals surface area contributed by atoms with E-state index in [9.17, 15) is 9.59 Å². The molecule has 0 saturated carbocycles. The Kier molecular flexibility index (Phi) is 8.80. The van der Waals surface area contributed by atoms with Crippen LogP contribution in [0.3, 0.4) is 0 Å². The van der Waals surface area contributed by atoms with Crippen molar-refractivity contribution >= 4 is 34.1 Å². The van der Waals surface area contributed by atoms with Gasteiger partial charge >= 0.3 is 6.03 Å². The molecule has 3 aromatic rings. The zero-order valence-corrected chi connectivity index (χ0v) is 20.5. The predicted molar refractivity (Wildman–Crippen MR) is 134 cm³/mol. The average Bonchev–Trinajstić information content (AvgIpc) is 3.30. The van der Waals surface area contributed by atoms with Crippen molar-refractivity contribution in [2.75, 3.05) is 37.9 Å². The van der Waals surface area contributed by atoms with Crippen molar-refractivity contribution in [3.05, 3.63) is 48.5 Å². The topological polar surface area (TPSA) is 106 Å². The van der Waals surface area contributed by atoms with E-state index in [0.717, 1.165) is 10.6 Å².